The van der Waals surface area contributed by atoms with E-state index in [4.69, 9.17) is 0 Å². The summed E-state index contributed by atoms with van der Waals surface area (Å²) in [6.45, 7) is 2.83. The first-order valence-electron chi connectivity index (χ1n) is 6.29. The summed E-state index contributed by atoms with van der Waals surface area (Å²) in [5.74, 6) is -6.05. The van der Waals surface area contributed by atoms with E-state index >= 15 is 0 Å². The lowest BCUT2D eigenvalue weighted by Crippen LogP contribution is -2.42. The van der Waals surface area contributed by atoms with E-state index in [0.717, 1.165) is 12.8 Å². The highest BCUT2D eigenvalue weighted by molar-refractivity contribution is 5.89. The van der Waals surface area contributed by atoms with E-state index in [1.165, 1.54) is 4.90 Å². The van der Waals surface area contributed by atoms with Crippen LogP contribution in [0.4, 0.5) is 28.0 Å². The number of carbonyl (C=O) groups is 1. The monoisotopic (exact) mass is 290 g/mol. The second-order valence-corrected chi connectivity index (χ2v) is 4.97. The van der Waals surface area contributed by atoms with Crippen LogP contribution >= 0.6 is 0 Å². The molecule has 0 saturated carbocycles. The molecule has 2 amide bonds. The Labute approximate surface area is 113 Å². The van der Waals surface area contributed by atoms with Crippen molar-refractivity contribution in [3.05, 3.63) is 29.3 Å². The lowest BCUT2D eigenvalue weighted by Gasteiger charge is -2.31. The van der Waals surface area contributed by atoms with Crippen molar-refractivity contribution in [1.82, 2.24) is 4.90 Å². The minimum atomic E-state index is -1.61. The molecule has 110 valence electrons. The molecule has 1 unspecified atom stereocenters. The Morgan fingerprint density at radius 2 is 1.85 bits per heavy atom. The standard InChI is InChI=1S/C13H14F4N2O/c1-7-3-2-4-19(6-7)13(20)18-12-10(16)8(14)5-9(15)11(12)17/h5,7H,2-4,6H2,1H3,(H,18,20). The normalized spacial score (nSPS) is 19.1. The first kappa shape index (κ1) is 14.6. The number of urea groups is 1. The van der Waals surface area contributed by atoms with Crippen molar-refractivity contribution in [2.75, 3.05) is 18.4 Å². The number of likely N-dealkylation sites (tertiary alicyclic amines) is 1. The van der Waals surface area contributed by atoms with Gasteiger partial charge < -0.3 is 10.2 Å². The van der Waals surface area contributed by atoms with Crippen LogP contribution in [0.15, 0.2) is 6.07 Å². The molecule has 1 atom stereocenters. The van der Waals surface area contributed by atoms with Gasteiger partial charge in [-0.05, 0) is 18.8 Å². The Morgan fingerprint density at radius 1 is 1.25 bits per heavy atom. The molecule has 1 aliphatic heterocycles. The van der Waals surface area contributed by atoms with Crippen LogP contribution in [0.2, 0.25) is 0 Å². The largest absolute Gasteiger partial charge is 0.324 e. The molecule has 2 rings (SSSR count). The molecule has 1 aromatic carbocycles. The summed E-state index contributed by atoms with van der Waals surface area (Å²) < 4.78 is 52.9. The van der Waals surface area contributed by atoms with Gasteiger partial charge in [0.2, 0.25) is 0 Å². The molecule has 0 aromatic heterocycles. The maximum Gasteiger partial charge on any atom is 0.322 e. The minimum absolute atomic E-state index is 0.100. The molecule has 1 saturated heterocycles. The average molecular weight is 290 g/mol. The fraction of sp³-hybridized carbons (Fsp3) is 0.462. The molecule has 1 heterocycles. The Morgan fingerprint density at radius 3 is 2.40 bits per heavy atom. The number of nitrogens with zero attached hydrogens (tertiary/aromatic N) is 1. The molecule has 1 aromatic rings. The van der Waals surface area contributed by atoms with Crippen molar-refractivity contribution in [3.8, 4) is 0 Å². The lowest BCUT2D eigenvalue weighted by molar-refractivity contribution is 0.182. The summed E-state index contributed by atoms with van der Waals surface area (Å²) in [6, 6.07) is -0.664. The quantitative estimate of drug-likeness (QED) is 0.623. The van der Waals surface area contributed by atoms with Gasteiger partial charge in [0, 0.05) is 19.2 Å². The van der Waals surface area contributed by atoms with Crippen molar-refractivity contribution in [2.45, 2.75) is 19.8 Å². The minimum Gasteiger partial charge on any atom is -0.324 e. The Hall–Kier alpha value is -1.79. The molecule has 0 spiro atoms. The molecule has 1 N–H and O–H groups in total. The van der Waals surface area contributed by atoms with Gasteiger partial charge in [0.15, 0.2) is 23.3 Å². The molecule has 0 radical (unpaired) electrons. The topological polar surface area (TPSA) is 32.3 Å². The van der Waals surface area contributed by atoms with Gasteiger partial charge in [-0.15, -0.1) is 0 Å². The van der Waals surface area contributed by atoms with E-state index in [-0.39, 0.29) is 12.0 Å². The van der Waals surface area contributed by atoms with Crippen molar-refractivity contribution < 1.29 is 22.4 Å². The molecule has 0 bridgehead atoms. The van der Waals surface area contributed by atoms with Crippen LogP contribution in [-0.4, -0.2) is 24.0 Å². The predicted octanol–water partition coefficient (Wildman–Crippen LogP) is 3.51. The number of piperidine rings is 1. The lowest BCUT2D eigenvalue weighted by atomic mass is 10.0. The molecule has 1 fully saturated rings. The molecule has 1 aliphatic rings. The Bertz CT molecular complexity index is 509. The highest BCUT2D eigenvalue weighted by Gasteiger charge is 2.25. The Kier molecular flexibility index (Phi) is 4.15. The molecule has 0 aliphatic carbocycles. The summed E-state index contributed by atoms with van der Waals surface area (Å²) >= 11 is 0. The third-order valence-corrected chi connectivity index (χ3v) is 3.29. The molecule has 20 heavy (non-hydrogen) atoms. The van der Waals surface area contributed by atoms with Gasteiger partial charge >= 0.3 is 6.03 Å². The van der Waals surface area contributed by atoms with Gasteiger partial charge in [-0.3, -0.25) is 0 Å². The third-order valence-electron chi connectivity index (χ3n) is 3.29. The summed E-state index contributed by atoms with van der Waals surface area (Å²) in [7, 11) is 0. The average Bonchev–Trinajstić information content (AvgIpc) is 2.41. The maximum absolute atomic E-state index is 13.4. The smallest absolute Gasteiger partial charge is 0.322 e. The summed E-state index contributed by atoms with van der Waals surface area (Å²) in [6.07, 6.45) is 1.73. The molecular weight excluding hydrogens is 276 g/mol. The van der Waals surface area contributed by atoms with E-state index in [2.05, 4.69) is 0 Å². The number of carbonyl (C=O) groups excluding carboxylic acids is 1. The van der Waals surface area contributed by atoms with Crippen LogP contribution in [-0.2, 0) is 0 Å². The highest BCUT2D eigenvalue weighted by atomic mass is 19.2. The van der Waals surface area contributed by atoms with Crippen LogP contribution in [0.5, 0.6) is 0 Å². The number of hydrogen-bond donors (Lipinski definition) is 1. The van der Waals surface area contributed by atoms with Gasteiger partial charge in [-0.1, -0.05) is 6.92 Å². The van der Waals surface area contributed by atoms with Gasteiger partial charge in [-0.25, -0.2) is 22.4 Å². The van der Waals surface area contributed by atoms with Crippen molar-refractivity contribution in [2.24, 2.45) is 5.92 Å². The van der Waals surface area contributed by atoms with E-state index in [1.54, 1.807) is 0 Å². The number of hydrogen-bond acceptors (Lipinski definition) is 1. The third kappa shape index (κ3) is 2.86. The van der Waals surface area contributed by atoms with Crippen LogP contribution in [0.1, 0.15) is 19.8 Å². The zero-order chi connectivity index (χ0) is 14.9. The number of anilines is 1. The van der Waals surface area contributed by atoms with Crippen molar-refractivity contribution >= 4 is 11.7 Å². The fourth-order valence-corrected chi connectivity index (χ4v) is 2.24. The number of halogens is 4. The first-order chi connectivity index (χ1) is 9.40. The van der Waals surface area contributed by atoms with E-state index in [0.29, 0.717) is 13.1 Å². The highest BCUT2D eigenvalue weighted by Crippen LogP contribution is 2.25. The van der Waals surface area contributed by atoms with Gasteiger partial charge in [0.1, 0.15) is 5.69 Å². The zero-order valence-electron chi connectivity index (χ0n) is 10.9. The molecular formula is C13H14F4N2O. The second kappa shape index (κ2) is 5.68. The van der Waals surface area contributed by atoms with Crippen molar-refractivity contribution in [3.63, 3.8) is 0 Å². The number of benzene rings is 1. The van der Waals surface area contributed by atoms with Crippen LogP contribution in [0.3, 0.4) is 0 Å². The fourth-order valence-electron chi connectivity index (χ4n) is 2.24. The predicted molar refractivity (Wildman–Crippen MR) is 65.3 cm³/mol. The van der Waals surface area contributed by atoms with Gasteiger partial charge in [0.25, 0.3) is 0 Å². The van der Waals surface area contributed by atoms with E-state index in [9.17, 15) is 22.4 Å². The van der Waals surface area contributed by atoms with Crippen molar-refractivity contribution in [1.29, 1.82) is 0 Å². The van der Waals surface area contributed by atoms with Crippen LogP contribution in [0.25, 0.3) is 0 Å². The zero-order valence-corrected chi connectivity index (χ0v) is 10.9. The van der Waals surface area contributed by atoms with Crippen LogP contribution < -0.4 is 5.32 Å². The second-order valence-electron chi connectivity index (χ2n) is 4.97. The molecule has 7 heteroatoms. The number of rotatable bonds is 1. The number of amides is 2. The van der Waals surface area contributed by atoms with Gasteiger partial charge in [0.05, 0.1) is 0 Å². The molecule has 3 nitrogen and oxygen atoms in total. The SMILES string of the molecule is CC1CCCN(C(=O)Nc2c(F)c(F)cc(F)c2F)C1. The summed E-state index contributed by atoms with van der Waals surface area (Å²) in [5, 5.41) is 1.91. The van der Waals surface area contributed by atoms with E-state index < -0.39 is 35.0 Å². The summed E-state index contributed by atoms with van der Waals surface area (Å²) in [5.41, 5.74) is -1.09. The van der Waals surface area contributed by atoms with Crippen LogP contribution in [0, 0.1) is 29.2 Å². The van der Waals surface area contributed by atoms with E-state index in [1.807, 2.05) is 12.2 Å². The first-order valence-corrected chi connectivity index (χ1v) is 6.29. The maximum atomic E-state index is 13.4. The summed E-state index contributed by atoms with van der Waals surface area (Å²) in [4.78, 5) is 13.2. The Balaban J connectivity index is 2.19. The number of nitrogens with one attached hydrogen (secondary N) is 1. The van der Waals surface area contributed by atoms with Gasteiger partial charge in [-0.2, -0.15) is 0 Å².